The Kier molecular flexibility index (Phi) is 6.38. The van der Waals surface area contributed by atoms with Crippen molar-refractivity contribution in [2.75, 3.05) is 19.3 Å². The second-order valence-electron chi connectivity index (χ2n) is 6.27. The molecule has 1 saturated heterocycles. The number of nitrogens with zero attached hydrogens (tertiary/aromatic N) is 1. The van der Waals surface area contributed by atoms with Crippen LogP contribution < -0.4 is 10.9 Å². The Labute approximate surface area is 168 Å². The van der Waals surface area contributed by atoms with Gasteiger partial charge >= 0.3 is 0 Å². The monoisotopic (exact) mass is 419 g/mol. The summed E-state index contributed by atoms with van der Waals surface area (Å²) in [6.45, 7) is 1.04. The molecule has 7 nitrogen and oxygen atoms in total. The maximum Gasteiger partial charge on any atom is 0.269 e. The van der Waals surface area contributed by atoms with Crippen LogP contribution in [0.1, 0.15) is 33.6 Å². The molecule has 0 spiro atoms. The summed E-state index contributed by atoms with van der Waals surface area (Å²) in [6.07, 6.45) is 3.66. The Morgan fingerprint density at radius 3 is 1.79 bits per heavy atom. The van der Waals surface area contributed by atoms with Crippen molar-refractivity contribution in [1.82, 2.24) is 15.2 Å². The third-order valence-corrected chi connectivity index (χ3v) is 7.12. The predicted octanol–water partition coefficient (Wildman–Crippen LogP) is 2.27. The highest BCUT2D eigenvalue weighted by Gasteiger charge is 2.27. The molecule has 28 heavy (non-hydrogen) atoms. The summed E-state index contributed by atoms with van der Waals surface area (Å²) in [5.74, 6) is -0.964. The molecule has 2 N–H and O–H groups in total. The number of rotatable bonds is 5. The van der Waals surface area contributed by atoms with E-state index in [-0.39, 0.29) is 10.5 Å². The Morgan fingerprint density at radius 2 is 1.32 bits per heavy atom. The topological polar surface area (TPSA) is 95.6 Å². The van der Waals surface area contributed by atoms with E-state index in [9.17, 15) is 18.0 Å². The number of carbonyl (C=O) groups is 2. The molecule has 148 valence electrons. The van der Waals surface area contributed by atoms with E-state index in [4.69, 9.17) is 0 Å². The van der Waals surface area contributed by atoms with Crippen LogP contribution in [0.3, 0.4) is 0 Å². The molecule has 2 amide bonds. The van der Waals surface area contributed by atoms with Gasteiger partial charge in [-0.15, -0.1) is 11.8 Å². The van der Waals surface area contributed by atoms with Crippen molar-refractivity contribution in [3.05, 3.63) is 59.7 Å². The van der Waals surface area contributed by atoms with Crippen LogP contribution in [0.25, 0.3) is 0 Å². The number of amides is 2. The number of benzene rings is 2. The van der Waals surface area contributed by atoms with Crippen LogP contribution >= 0.6 is 11.8 Å². The summed E-state index contributed by atoms with van der Waals surface area (Å²) in [5, 5.41) is 0. The highest BCUT2D eigenvalue weighted by Crippen LogP contribution is 2.21. The molecule has 0 bridgehead atoms. The zero-order chi connectivity index (χ0) is 20.1. The zero-order valence-electron chi connectivity index (χ0n) is 15.3. The molecule has 0 saturated carbocycles. The van der Waals surface area contributed by atoms with Crippen LogP contribution in [-0.4, -0.2) is 43.9 Å². The van der Waals surface area contributed by atoms with Crippen molar-refractivity contribution in [1.29, 1.82) is 0 Å². The lowest BCUT2D eigenvalue weighted by atomic mass is 10.2. The summed E-state index contributed by atoms with van der Waals surface area (Å²) in [4.78, 5) is 25.5. The normalized spacial score (nSPS) is 14.6. The minimum atomic E-state index is -3.52. The second kappa shape index (κ2) is 8.76. The van der Waals surface area contributed by atoms with Crippen molar-refractivity contribution in [3.63, 3.8) is 0 Å². The van der Waals surface area contributed by atoms with E-state index in [1.165, 1.54) is 28.6 Å². The minimum absolute atomic E-state index is 0.156. The Balaban J connectivity index is 1.60. The summed E-state index contributed by atoms with van der Waals surface area (Å²) in [6, 6.07) is 12.7. The predicted molar refractivity (Wildman–Crippen MR) is 108 cm³/mol. The average molecular weight is 420 g/mol. The standard InChI is InChI=1S/C19H21N3O4S2/c1-27-16-8-4-14(5-9-16)18(23)20-21-19(24)15-6-10-17(11-7-15)28(25,26)22-12-2-3-13-22/h4-11H,2-3,12-13H2,1H3,(H,20,23)(H,21,24). The molecule has 0 radical (unpaired) electrons. The molecule has 1 heterocycles. The van der Waals surface area contributed by atoms with Crippen molar-refractivity contribution in [3.8, 4) is 0 Å². The van der Waals surface area contributed by atoms with Gasteiger partial charge in [0.15, 0.2) is 0 Å². The van der Waals surface area contributed by atoms with Crippen LogP contribution in [0.15, 0.2) is 58.3 Å². The van der Waals surface area contributed by atoms with Gasteiger partial charge in [0.05, 0.1) is 4.90 Å². The summed E-state index contributed by atoms with van der Waals surface area (Å²) in [5.41, 5.74) is 5.36. The molecule has 1 aliphatic rings. The molecule has 2 aromatic carbocycles. The number of nitrogens with one attached hydrogen (secondary N) is 2. The quantitative estimate of drug-likeness (QED) is 0.573. The van der Waals surface area contributed by atoms with E-state index < -0.39 is 21.8 Å². The van der Waals surface area contributed by atoms with E-state index in [1.807, 2.05) is 18.4 Å². The molecule has 2 aromatic rings. The van der Waals surface area contributed by atoms with Crippen molar-refractivity contribution >= 4 is 33.6 Å². The largest absolute Gasteiger partial charge is 0.269 e. The molecule has 1 aliphatic heterocycles. The third-order valence-electron chi connectivity index (χ3n) is 4.46. The molecule has 9 heteroatoms. The van der Waals surface area contributed by atoms with Gasteiger partial charge in [-0.2, -0.15) is 4.31 Å². The summed E-state index contributed by atoms with van der Waals surface area (Å²) >= 11 is 1.57. The number of carbonyl (C=O) groups excluding carboxylic acids is 2. The summed E-state index contributed by atoms with van der Waals surface area (Å²) < 4.78 is 26.4. The van der Waals surface area contributed by atoms with Crippen LogP contribution in [0.4, 0.5) is 0 Å². The van der Waals surface area contributed by atoms with Gasteiger partial charge in [0, 0.05) is 29.1 Å². The molecule has 1 fully saturated rings. The van der Waals surface area contributed by atoms with Gasteiger partial charge in [-0.1, -0.05) is 0 Å². The molecular formula is C19H21N3O4S2. The maximum atomic E-state index is 12.5. The number of sulfonamides is 1. The van der Waals surface area contributed by atoms with Crippen LogP contribution in [0.2, 0.25) is 0 Å². The van der Waals surface area contributed by atoms with Gasteiger partial charge in [0.1, 0.15) is 0 Å². The van der Waals surface area contributed by atoms with Gasteiger partial charge < -0.3 is 0 Å². The SMILES string of the molecule is CSc1ccc(C(=O)NNC(=O)c2ccc(S(=O)(=O)N3CCCC3)cc2)cc1. The van der Waals surface area contributed by atoms with Crippen LogP contribution in [0.5, 0.6) is 0 Å². The Morgan fingerprint density at radius 1 is 0.857 bits per heavy atom. The van der Waals surface area contributed by atoms with Gasteiger partial charge in [0.25, 0.3) is 11.8 Å². The van der Waals surface area contributed by atoms with Crippen molar-refractivity contribution in [2.45, 2.75) is 22.6 Å². The molecule has 3 rings (SSSR count). The number of hydrogen-bond donors (Lipinski definition) is 2. The van der Waals surface area contributed by atoms with Gasteiger partial charge in [-0.25, -0.2) is 8.42 Å². The first-order valence-corrected chi connectivity index (χ1v) is 11.4. The lowest BCUT2D eigenvalue weighted by Gasteiger charge is -2.15. The van der Waals surface area contributed by atoms with E-state index in [2.05, 4.69) is 10.9 Å². The van der Waals surface area contributed by atoms with Crippen molar-refractivity contribution < 1.29 is 18.0 Å². The van der Waals surface area contributed by atoms with Crippen molar-refractivity contribution in [2.24, 2.45) is 0 Å². The second-order valence-corrected chi connectivity index (χ2v) is 9.09. The lowest BCUT2D eigenvalue weighted by molar-refractivity contribution is 0.0846. The molecule has 0 atom stereocenters. The first-order valence-electron chi connectivity index (χ1n) is 8.77. The first kappa shape index (κ1) is 20.4. The Hall–Kier alpha value is -2.36. The van der Waals surface area contributed by atoms with E-state index in [0.717, 1.165) is 17.7 Å². The molecular weight excluding hydrogens is 398 g/mol. The average Bonchev–Trinajstić information content (AvgIpc) is 3.28. The summed E-state index contributed by atoms with van der Waals surface area (Å²) in [7, 11) is -3.52. The van der Waals surface area contributed by atoms with E-state index >= 15 is 0 Å². The number of hydrogen-bond acceptors (Lipinski definition) is 5. The molecule has 0 aromatic heterocycles. The first-order chi connectivity index (χ1) is 13.4. The maximum absolute atomic E-state index is 12.5. The molecule has 0 aliphatic carbocycles. The Bertz CT molecular complexity index is 952. The fraction of sp³-hybridized carbons (Fsp3) is 0.263. The number of hydrazine groups is 1. The highest BCUT2D eigenvalue weighted by atomic mass is 32.2. The zero-order valence-corrected chi connectivity index (χ0v) is 17.0. The smallest absolute Gasteiger partial charge is 0.267 e. The van der Waals surface area contributed by atoms with E-state index in [0.29, 0.717) is 18.7 Å². The van der Waals surface area contributed by atoms with E-state index in [1.54, 1.807) is 23.9 Å². The fourth-order valence-corrected chi connectivity index (χ4v) is 4.78. The van der Waals surface area contributed by atoms with Crippen LogP contribution in [0, 0.1) is 0 Å². The van der Waals surface area contributed by atoms with Crippen LogP contribution in [-0.2, 0) is 10.0 Å². The lowest BCUT2D eigenvalue weighted by Crippen LogP contribution is -2.41. The molecule has 0 unspecified atom stereocenters. The fourth-order valence-electron chi connectivity index (χ4n) is 2.86. The van der Waals surface area contributed by atoms with Gasteiger partial charge in [-0.3, -0.25) is 20.4 Å². The van der Waals surface area contributed by atoms with Gasteiger partial charge in [-0.05, 0) is 67.6 Å². The van der Waals surface area contributed by atoms with Gasteiger partial charge in [0.2, 0.25) is 10.0 Å². The third kappa shape index (κ3) is 4.54. The highest BCUT2D eigenvalue weighted by molar-refractivity contribution is 7.98. The number of thioether (sulfide) groups is 1. The minimum Gasteiger partial charge on any atom is -0.267 e.